The van der Waals surface area contributed by atoms with Crippen LogP contribution in [0.5, 0.6) is 0 Å². The van der Waals surface area contributed by atoms with Crippen LogP contribution in [0.4, 0.5) is 16.2 Å². The molecule has 1 aliphatic heterocycles. The molecule has 0 atom stereocenters. The van der Waals surface area contributed by atoms with Crippen molar-refractivity contribution < 1.29 is 4.79 Å². The summed E-state index contributed by atoms with van der Waals surface area (Å²) in [7, 11) is 3.41. The van der Waals surface area contributed by atoms with E-state index in [-0.39, 0.29) is 6.03 Å². The van der Waals surface area contributed by atoms with Gasteiger partial charge in [0, 0.05) is 43.2 Å². The molecule has 0 aliphatic carbocycles. The van der Waals surface area contributed by atoms with Crippen molar-refractivity contribution >= 4 is 29.2 Å². The van der Waals surface area contributed by atoms with Gasteiger partial charge in [-0.2, -0.15) is 0 Å². The maximum Gasteiger partial charge on any atom is 0.321 e. The number of fused-ring (bicyclic) bond motifs is 1. The smallest absolute Gasteiger partial charge is 0.321 e. The molecule has 0 unspecified atom stereocenters. The largest absolute Gasteiger partial charge is 0.364 e. The van der Waals surface area contributed by atoms with Crippen LogP contribution in [0.25, 0.3) is 0 Å². The van der Waals surface area contributed by atoms with Crippen LogP contribution in [0, 0.1) is 0 Å². The maximum absolute atomic E-state index is 11.8. The third-order valence-electron chi connectivity index (χ3n) is 3.72. The number of aromatic nitrogens is 2. The summed E-state index contributed by atoms with van der Waals surface area (Å²) >= 11 is 1.85. The van der Waals surface area contributed by atoms with Crippen molar-refractivity contribution in [2.24, 2.45) is 0 Å². The minimum absolute atomic E-state index is 0.123. The molecule has 0 saturated carbocycles. The van der Waals surface area contributed by atoms with Gasteiger partial charge in [0.25, 0.3) is 0 Å². The predicted molar refractivity (Wildman–Crippen MR) is 89.7 cm³/mol. The molecule has 0 bridgehead atoms. The van der Waals surface area contributed by atoms with Crippen molar-refractivity contribution in [2.45, 2.75) is 11.4 Å². The number of rotatable bonds is 3. The van der Waals surface area contributed by atoms with Crippen molar-refractivity contribution in [3.05, 3.63) is 36.4 Å². The van der Waals surface area contributed by atoms with Gasteiger partial charge < -0.3 is 15.2 Å². The Kier molecular flexibility index (Phi) is 4.24. The fourth-order valence-electron chi connectivity index (χ4n) is 2.49. The average Bonchev–Trinajstić information content (AvgIpc) is 3.06. The van der Waals surface area contributed by atoms with Crippen LogP contribution in [0.15, 0.2) is 35.6 Å². The number of anilines is 2. The summed E-state index contributed by atoms with van der Waals surface area (Å²) in [5.41, 5.74) is 3.06. The first-order valence-electron chi connectivity index (χ1n) is 7.14. The molecule has 3 rings (SSSR count). The number of benzene rings is 1. The second-order valence-electron chi connectivity index (χ2n) is 5.10. The van der Waals surface area contributed by atoms with Crippen molar-refractivity contribution in [1.82, 2.24) is 15.3 Å². The zero-order valence-electron chi connectivity index (χ0n) is 12.7. The number of aromatic amines is 1. The molecule has 2 amide bonds. The molecule has 2 heterocycles. The van der Waals surface area contributed by atoms with Crippen molar-refractivity contribution in [3.63, 3.8) is 0 Å². The molecule has 1 aromatic carbocycles. The number of imidazole rings is 1. The highest BCUT2D eigenvalue weighted by molar-refractivity contribution is 7.99. The van der Waals surface area contributed by atoms with Crippen LogP contribution in [-0.2, 0) is 6.54 Å². The minimum atomic E-state index is -0.123. The van der Waals surface area contributed by atoms with E-state index in [1.165, 1.54) is 4.90 Å². The minimum Gasteiger partial charge on any atom is -0.364 e. The lowest BCUT2D eigenvalue weighted by atomic mass is 10.2. The molecule has 2 aromatic rings. The Hall–Kier alpha value is -2.15. The number of thioether (sulfide) groups is 1. The highest BCUT2D eigenvalue weighted by Gasteiger charge is 2.20. The molecule has 0 fully saturated rings. The Morgan fingerprint density at radius 3 is 3.14 bits per heavy atom. The van der Waals surface area contributed by atoms with E-state index in [9.17, 15) is 4.79 Å². The Balaban J connectivity index is 1.89. The first-order chi connectivity index (χ1) is 10.7. The lowest BCUT2D eigenvalue weighted by Crippen LogP contribution is -2.35. The monoisotopic (exact) mass is 317 g/mol. The Bertz CT molecular complexity index is 658. The number of hydrogen-bond donors (Lipinski definition) is 2. The molecular weight excluding hydrogens is 298 g/mol. The maximum atomic E-state index is 11.8. The van der Waals surface area contributed by atoms with E-state index < -0.39 is 0 Å². The van der Waals surface area contributed by atoms with E-state index >= 15 is 0 Å². The number of carbonyl (C=O) groups is 1. The van der Waals surface area contributed by atoms with Gasteiger partial charge in [-0.1, -0.05) is 0 Å². The Morgan fingerprint density at radius 1 is 1.55 bits per heavy atom. The summed E-state index contributed by atoms with van der Waals surface area (Å²) in [5.74, 6) is 1.06. The summed E-state index contributed by atoms with van der Waals surface area (Å²) in [6.45, 7) is 1.74. The average molecular weight is 317 g/mol. The van der Waals surface area contributed by atoms with Crippen LogP contribution in [0.3, 0.4) is 0 Å². The Labute approximate surface area is 133 Å². The van der Waals surface area contributed by atoms with Crippen molar-refractivity contribution in [3.8, 4) is 0 Å². The van der Waals surface area contributed by atoms with Gasteiger partial charge >= 0.3 is 6.03 Å². The zero-order chi connectivity index (χ0) is 15.5. The van der Waals surface area contributed by atoms with Gasteiger partial charge in [0.05, 0.1) is 24.3 Å². The summed E-state index contributed by atoms with van der Waals surface area (Å²) in [5, 5.41) is 2.64. The second-order valence-corrected chi connectivity index (χ2v) is 6.23. The van der Waals surface area contributed by atoms with Crippen LogP contribution < -0.4 is 15.1 Å². The van der Waals surface area contributed by atoms with E-state index in [0.29, 0.717) is 0 Å². The molecule has 0 saturated heterocycles. The predicted octanol–water partition coefficient (Wildman–Crippen LogP) is 2.30. The fraction of sp³-hybridized carbons (Fsp3) is 0.333. The molecule has 1 aromatic heterocycles. The fourth-order valence-corrected chi connectivity index (χ4v) is 3.52. The quantitative estimate of drug-likeness (QED) is 0.912. The molecule has 6 nitrogen and oxygen atoms in total. The lowest BCUT2D eigenvalue weighted by molar-refractivity contribution is 0.249. The third kappa shape index (κ3) is 2.89. The summed E-state index contributed by atoms with van der Waals surface area (Å²) in [6.07, 6.45) is 3.62. The van der Waals surface area contributed by atoms with Crippen LogP contribution in [-0.4, -0.2) is 42.4 Å². The van der Waals surface area contributed by atoms with Crippen LogP contribution >= 0.6 is 11.8 Å². The molecule has 2 N–H and O–H groups in total. The van der Waals surface area contributed by atoms with Gasteiger partial charge in [0.15, 0.2) is 0 Å². The summed E-state index contributed by atoms with van der Waals surface area (Å²) < 4.78 is 0. The molecule has 0 radical (unpaired) electrons. The first-order valence-corrected chi connectivity index (χ1v) is 8.12. The van der Waals surface area contributed by atoms with Crippen LogP contribution in [0.2, 0.25) is 0 Å². The topological polar surface area (TPSA) is 64.3 Å². The number of amides is 2. The molecule has 116 valence electrons. The van der Waals surface area contributed by atoms with Gasteiger partial charge in [0.1, 0.15) is 0 Å². The van der Waals surface area contributed by atoms with Gasteiger partial charge in [-0.25, -0.2) is 9.78 Å². The van der Waals surface area contributed by atoms with E-state index in [1.807, 2.05) is 24.0 Å². The van der Waals surface area contributed by atoms with E-state index in [1.54, 1.807) is 25.3 Å². The van der Waals surface area contributed by atoms with Crippen LogP contribution in [0.1, 0.15) is 5.69 Å². The Morgan fingerprint density at radius 2 is 2.41 bits per heavy atom. The van der Waals surface area contributed by atoms with Gasteiger partial charge in [-0.15, -0.1) is 11.8 Å². The van der Waals surface area contributed by atoms with Crippen molar-refractivity contribution in [2.75, 3.05) is 36.2 Å². The highest BCUT2D eigenvalue weighted by atomic mass is 32.2. The first kappa shape index (κ1) is 14.8. The molecular formula is C15H19N5OS. The third-order valence-corrected chi connectivity index (χ3v) is 4.76. The van der Waals surface area contributed by atoms with E-state index in [0.717, 1.165) is 35.9 Å². The standard InChI is InChI=1S/C15H19N5OS/c1-16-15(21)19(2)12-3-4-14-13(7-12)20(5-6-22-14)9-11-8-17-10-18-11/h3-4,7-8,10H,5-6,9H2,1-2H3,(H,16,21)(H,17,18). The number of nitrogens with zero attached hydrogens (tertiary/aromatic N) is 3. The molecule has 7 heteroatoms. The number of carbonyl (C=O) groups excluding carboxylic acids is 1. The molecule has 22 heavy (non-hydrogen) atoms. The number of nitrogens with one attached hydrogen (secondary N) is 2. The SMILES string of the molecule is CNC(=O)N(C)c1ccc2c(c1)N(Cc1c[nH]cn1)CCS2. The lowest BCUT2D eigenvalue weighted by Gasteiger charge is -2.31. The second kappa shape index (κ2) is 6.31. The number of urea groups is 1. The summed E-state index contributed by atoms with van der Waals surface area (Å²) in [6, 6.07) is 6.02. The normalized spacial score (nSPS) is 13.6. The zero-order valence-corrected chi connectivity index (χ0v) is 13.5. The number of hydrogen-bond acceptors (Lipinski definition) is 4. The van der Waals surface area contributed by atoms with Gasteiger partial charge in [-0.05, 0) is 18.2 Å². The van der Waals surface area contributed by atoms with E-state index in [4.69, 9.17) is 0 Å². The number of H-pyrrole nitrogens is 1. The van der Waals surface area contributed by atoms with Gasteiger partial charge in [-0.3, -0.25) is 4.90 Å². The molecule has 0 spiro atoms. The highest BCUT2D eigenvalue weighted by Crippen LogP contribution is 2.37. The van der Waals surface area contributed by atoms with Crippen molar-refractivity contribution in [1.29, 1.82) is 0 Å². The van der Waals surface area contributed by atoms with E-state index in [2.05, 4.69) is 32.3 Å². The summed E-state index contributed by atoms with van der Waals surface area (Å²) in [4.78, 5) is 24.3. The van der Waals surface area contributed by atoms with Gasteiger partial charge in [0.2, 0.25) is 0 Å². The molecule has 1 aliphatic rings.